The monoisotopic (exact) mass is 327 g/mol. The highest BCUT2D eigenvalue weighted by molar-refractivity contribution is 9.10. The van der Waals surface area contributed by atoms with Crippen molar-refractivity contribution in [2.24, 2.45) is 18.4 Å². The van der Waals surface area contributed by atoms with Crippen LogP contribution in [-0.2, 0) is 7.05 Å². The highest BCUT2D eigenvalue weighted by Gasteiger charge is 2.43. The summed E-state index contributed by atoms with van der Waals surface area (Å²) in [6, 6.07) is 0.388. The summed E-state index contributed by atoms with van der Waals surface area (Å²) in [5, 5.41) is 7.98. The van der Waals surface area contributed by atoms with Gasteiger partial charge in [0, 0.05) is 7.05 Å². The van der Waals surface area contributed by atoms with Crippen molar-refractivity contribution in [1.29, 1.82) is 0 Å². The van der Waals surface area contributed by atoms with Gasteiger partial charge in [-0.05, 0) is 53.6 Å². The molecule has 4 heteroatoms. The topological polar surface area (TPSA) is 29.9 Å². The Morgan fingerprint density at radius 1 is 1.42 bits per heavy atom. The molecule has 0 bridgehead atoms. The van der Waals surface area contributed by atoms with Crippen LogP contribution in [0.15, 0.2) is 10.7 Å². The van der Waals surface area contributed by atoms with Crippen molar-refractivity contribution >= 4 is 15.9 Å². The minimum absolute atomic E-state index is 0.388. The van der Waals surface area contributed by atoms with Crippen LogP contribution in [0.2, 0.25) is 0 Å². The Balaban J connectivity index is 2.38. The molecule has 2 rings (SSSR count). The van der Waals surface area contributed by atoms with Gasteiger partial charge in [0.25, 0.3) is 0 Å². The number of hydrogen-bond donors (Lipinski definition) is 1. The predicted molar refractivity (Wildman–Crippen MR) is 83.1 cm³/mol. The van der Waals surface area contributed by atoms with E-state index < -0.39 is 0 Å². The number of rotatable bonds is 5. The largest absolute Gasteiger partial charge is 0.311 e. The van der Waals surface area contributed by atoms with E-state index in [4.69, 9.17) is 0 Å². The molecule has 1 fully saturated rings. The molecule has 0 spiro atoms. The van der Waals surface area contributed by atoms with Gasteiger partial charge in [-0.1, -0.05) is 26.7 Å². The maximum absolute atomic E-state index is 4.40. The lowest BCUT2D eigenvalue weighted by Gasteiger charge is -2.39. The van der Waals surface area contributed by atoms with Gasteiger partial charge in [0.2, 0.25) is 0 Å². The average molecular weight is 328 g/mol. The highest BCUT2D eigenvalue weighted by atomic mass is 79.9. The molecule has 19 heavy (non-hydrogen) atoms. The first-order valence-electron chi connectivity index (χ1n) is 7.35. The van der Waals surface area contributed by atoms with Gasteiger partial charge < -0.3 is 5.32 Å². The zero-order chi connectivity index (χ0) is 14.0. The van der Waals surface area contributed by atoms with Gasteiger partial charge in [0.15, 0.2) is 0 Å². The molecule has 3 nitrogen and oxygen atoms in total. The van der Waals surface area contributed by atoms with Crippen LogP contribution < -0.4 is 5.32 Å². The third-order valence-corrected chi connectivity index (χ3v) is 5.14. The fourth-order valence-corrected chi connectivity index (χ4v) is 4.56. The minimum atomic E-state index is 0.388. The minimum Gasteiger partial charge on any atom is -0.311 e. The third-order valence-electron chi connectivity index (χ3n) is 4.53. The summed E-state index contributed by atoms with van der Waals surface area (Å²) >= 11 is 3.67. The van der Waals surface area contributed by atoms with Crippen LogP contribution in [-0.4, -0.2) is 16.8 Å². The normalized spacial score (nSPS) is 20.1. The molecule has 0 amide bonds. The zero-order valence-corrected chi connectivity index (χ0v) is 14.1. The van der Waals surface area contributed by atoms with Crippen molar-refractivity contribution in [3.8, 4) is 0 Å². The first-order valence-corrected chi connectivity index (χ1v) is 8.14. The molecular weight excluding hydrogens is 302 g/mol. The number of nitrogens with zero attached hydrogens (tertiary/aromatic N) is 2. The van der Waals surface area contributed by atoms with E-state index in [0.717, 1.165) is 10.4 Å². The number of aromatic nitrogens is 2. The van der Waals surface area contributed by atoms with Crippen molar-refractivity contribution in [1.82, 2.24) is 15.1 Å². The molecule has 1 aromatic rings. The van der Waals surface area contributed by atoms with Gasteiger partial charge in [0.05, 0.1) is 22.4 Å². The molecule has 1 unspecified atom stereocenters. The molecule has 0 aromatic carbocycles. The molecule has 1 saturated carbocycles. The standard InChI is InChI=1S/C15H26BrN3/c1-11(2)9-15(7-5-6-8-15)14(17-3)13-12(16)10-18-19(13)4/h10-11,14,17H,5-9H2,1-4H3. The van der Waals surface area contributed by atoms with Crippen molar-refractivity contribution in [2.45, 2.75) is 52.0 Å². The molecule has 1 heterocycles. The van der Waals surface area contributed by atoms with Gasteiger partial charge in [-0.3, -0.25) is 4.68 Å². The maximum Gasteiger partial charge on any atom is 0.0697 e. The summed E-state index contributed by atoms with van der Waals surface area (Å²) in [4.78, 5) is 0. The molecule has 1 aliphatic carbocycles. The lowest BCUT2D eigenvalue weighted by molar-refractivity contribution is 0.155. The summed E-state index contributed by atoms with van der Waals surface area (Å²) in [6.45, 7) is 4.68. The van der Waals surface area contributed by atoms with E-state index in [9.17, 15) is 0 Å². The molecule has 1 aromatic heterocycles. The fourth-order valence-electron chi connectivity index (χ4n) is 3.98. The molecular formula is C15H26BrN3. The Morgan fingerprint density at radius 3 is 2.47 bits per heavy atom. The second-order valence-electron chi connectivity index (χ2n) is 6.39. The van der Waals surface area contributed by atoms with Gasteiger partial charge in [-0.15, -0.1) is 0 Å². The lowest BCUT2D eigenvalue weighted by Crippen LogP contribution is -2.37. The molecule has 0 radical (unpaired) electrons. The van der Waals surface area contributed by atoms with Crippen LogP contribution in [0.25, 0.3) is 0 Å². The average Bonchev–Trinajstić information content (AvgIpc) is 2.91. The highest BCUT2D eigenvalue weighted by Crippen LogP contribution is 2.52. The Morgan fingerprint density at radius 2 is 2.05 bits per heavy atom. The smallest absolute Gasteiger partial charge is 0.0697 e. The Kier molecular flexibility index (Phi) is 4.72. The van der Waals surface area contributed by atoms with Gasteiger partial charge in [0.1, 0.15) is 0 Å². The SMILES string of the molecule is CNC(c1c(Br)cnn1C)C1(CC(C)C)CCCC1. The second kappa shape index (κ2) is 5.96. The van der Waals surface area contributed by atoms with Gasteiger partial charge in [-0.25, -0.2) is 0 Å². The van der Waals surface area contributed by atoms with Crippen molar-refractivity contribution in [3.05, 3.63) is 16.4 Å². The maximum atomic E-state index is 4.40. The predicted octanol–water partition coefficient (Wildman–Crippen LogP) is 4.05. The number of hydrogen-bond acceptors (Lipinski definition) is 2. The summed E-state index contributed by atoms with van der Waals surface area (Å²) in [7, 11) is 4.13. The van der Waals surface area contributed by atoms with E-state index in [0.29, 0.717) is 11.5 Å². The van der Waals surface area contributed by atoms with E-state index in [1.165, 1.54) is 37.8 Å². The third kappa shape index (κ3) is 2.89. The molecule has 1 atom stereocenters. The first-order chi connectivity index (χ1) is 9.00. The number of halogens is 1. The second-order valence-corrected chi connectivity index (χ2v) is 7.24. The summed E-state index contributed by atoms with van der Waals surface area (Å²) in [6.07, 6.45) is 8.58. The quantitative estimate of drug-likeness (QED) is 0.884. The summed E-state index contributed by atoms with van der Waals surface area (Å²) in [5.41, 5.74) is 1.68. The fraction of sp³-hybridized carbons (Fsp3) is 0.800. The Hall–Kier alpha value is -0.350. The number of aryl methyl sites for hydroxylation is 1. The van der Waals surface area contributed by atoms with Crippen LogP contribution in [0.4, 0.5) is 0 Å². The van der Waals surface area contributed by atoms with E-state index in [2.05, 4.69) is 47.2 Å². The lowest BCUT2D eigenvalue weighted by atomic mass is 9.71. The van der Waals surface area contributed by atoms with Crippen LogP contribution in [0, 0.1) is 11.3 Å². The molecule has 108 valence electrons. The molecule has 1 N–H and O–H groups in total. The Bertz CT molecular complexity index is 400. The van der Waals surface area contributed by atoms with E-state index in [1.54, 1.807) is 0 Å². The van der Waals surface area contributed by atoms with Crippen LogP contribution in [0.1, 0.15) is 57.7 Å². The van der Waals surface area contributed by atoms with Crippen LogP contribution >= 0.6 is 15.9 Å². The van der Waals surface area contributed by atoms with Gasteiger partial charge in [-0.2, -0.15) is 5.10 Å². The first kappa shape index (κ1) is 15.0. The summed E-state index contributed by atoms with van der Waals surface area (Å²) in [5.74, 6) is 0.737. The van der Waals surface area contributed by atoms with Crippen molar-refractivity contribution in [2.75, 3.05) is 7.05 Å². The Labute approximate surface area is 125 Å². The van der Waals surface area contributed by atoms with Crippen molar-refractivity contribution in [3.63, 3.8) is 0 Å². The van der Waals surface area contributed by atoms with E-state index >= 15 is 0 Å². The number of nitrogens with one attached hydrogen (secondary N) is 1. The van der Waals surface area contributed by atoms with Crippen molar-refractivity contribution < 1.29 is 0 Å². The van der Waals surface area contributed by atoms with Gasteiger partial charge >= 0.3 is 0 Å². The molecule has 0 aliphatic heterocycles. The van der Waals surface area contributed by atoms with E-state index in [1.807, 2.05) is 17.9 Å². The van der Waals surface area contributed by atoms with Crippen LogP contribution in [0.5, 0.6) is 0 Å². The van der Waals surface area contributed by atoms with E-state index in [-0.39, 0.29) is 0 Å². The summed E-state index contributed by atoms with van der Waals surface area (Å²) < 4.78 is 3.15. The van der Waals surface area contributed by atoms with Crippen LogP contribution in [0.3, 0.4) is 0 Å². The molecule has 0 saturated heterocycles. The molecule has 1 aliphatic rings. The zero-order valence-electron chi connectivity index (χ0n) is 12.5.